The van der Waals surface area contributed by atoms with Crippen molar-refractivity contribution in [1.29, 1.82) is 0 Å². The summed E-state index contributed by atoms with van der Waals surface area (Å²) in [6, 6.07) is 8.09. The van der Waals surface area contributed by atoms with Gasteiger partial charge in [-0.15, -0.1) is 0 Å². The van der Waals surface area contributed by atoms with Crippen molar-refractivity contribution >= 4 is 0 Å². The van der Waals surface area contributed by atoms with Gasteiger partial charge in [-0.1, -0.05) is 90.9 Å². The fourth-order valence-electron chi connectivity index (χ4n) is 4.15. The third kappa shape index (κ3) is 12.4. The standard InChI is InChI=1S/C30H48N2O2/c1-4-6-8-10-11-12-13-15-17-23-33-29-24-31-30(32-25-29)27-19-21-28(22-20-27)34-26(3)18-16-14-9-7-5-2/h19-22,24-26H,4-18,23H2,1-3H3/t26-/m0/s1. The molecule has 0 saturated heterocycles. The minimum atomic E-state index is 0.242. The van der Waals surface area contributed by atoms with Crippen LogP contribution in [0.4, 0.5) is 0 Å². The van der Waals surface area contributed by atoms with Gasteiger partial charge in [0.1, 0.15) is 5.75 Å². The number of benzene rings is 1. The zero-order chi connectivity index (χ0) is 24.3. The van der Waals surface area contributed by atoms with Crippen LogP contribution in [-0.2, 0) is 0 Å². The SMILES string of the molecule is CCCCCCCCCCCOc1cnc(-c2ccc(O[C@@H](C)CCCCCCC)cc2)nc1. The summed E-state index contributed by atoms with van der Waals surface area (Å²) in [5, 5.41) is 0. The summed E-state index contributed by atoms with van der Waals surface area (Å²) in [7, 11) is 0. The molecule has 1 heterocycles. The number of unbranched alkanes of at least 4 members (excludes halogenated alkanes) is 12. The second-order valence-electron chi connectivity index (χ2n) is 9.57. The fraction of sp³-hybridized carbons (Fsp3) is 0.667. The van der Waals surface area contributed by atoms with E-state index < -0.39 is 0 Å². The Morgan fingerprint density at radius 2 is 1.18 bits per heavy atom. The van der Waals surface area contributed by atoms with Gasteiger partial charge in [-0.25, -0.2) is 9.97 Å². The van der Waals surface area contributed by atoms with Crippen LogP contribution in [0, 0.1) is 0 Å². The largest absolute Gasteiger partial charge is 0.491 e. The lowest BCUT2D eigenvalue weighted by atomic mass is 10.1. The molecule has 0 aliphatic heterocycles. The van der Waals surface area contributed by atoms with Crippen LogP contribution in [0.1, 0.15) is 117 Å². The summed E-state index contributed by atoms with van der Waals surface area (Å²) in [6.45, 7) is 7.41. The number of hydrogen-bond donors (Lipinski definition) is 0. The zero-order valence-corrected chi connectivity index (χ0v) is 22.1. The van der Waals surface area contributed by atoms with Gasteiger partial charge in [0.05, 0.1) is 25.1 Å². The molecule has 190 valence electrons. The van der Waals surface area contributed by atoms with Crippen LogP contribution >= 0.6 is 0 Å². The van der Waals surface area contributed by atoms with E-state index in [1.54, 1.807) is 12.4 Å². The molecule has 1 atom stereocenters. The Kier molecular flexibility index (Phi) is 15.1. The van der Waals surface area contributed by atoms with Crippen LogP contribution in [0.2, 0.25) is 0 Å². The van der Waals surface area contributed by atoms with E-state index in [0.29, 0.717) is 5.82 Å². The second kappa shape index (κ2) is 18.3. The minimum absolute atomic E-state index is 0.242. The average molecular weight is 469 g/mol. The van der Waals surface area contributed by atoms with E-state index in [9.17, 15) is 0 Å². The van der Waals surface area contributed by atoms with Crippen molar-refractivity contribution in [2.24, 2.45) is 0 Å². The maximum Gasteiger partial charge on any atom is 0.159 e. The molecule has 0 radical (unpaired) electrons. The highest BCUT2D eigenvalue weighted by atomic mass is 16.5. The quantitative estimate of drug-likeness (QED) is 0.182. The van der Waals surface area contributed by atoms with Gasteiger partial charge in [-0.3, -0.25) is 0 Å². The van der Waals surface area contributed by atoms with Crippen LogP contribution in [0.3, 0.4) is 0 Å². The fourth-order valence-corrected chi connectivity index (χ4v) is 4.15. The highest BCUT2D eigenvalue weighted by molar-refractivity contribution is 5.56. The first kappa shape index (κ1) is 28.1. The first-order valence-corrected chi connectivity index (χ1v) is 13.9. The average Bonchev–Trinajstić information content (AvgIpc) is 2.86. The highest BCUT2D eigenvalue weighted by Gasteiger charge is 2.06. The van der Waals surface area contributed by atoms with E-state index in [-0.39, 0.29) is 6.10 Å². The number of nitrogens with zero attached hydrogens (tertiary/aromatic N) is 2. The Bertz CT molecular complexity index is 730. The Labute approximate surface area is 208 Å². The smallest absolute Gasteiger partial charge is 0.159 e. The molecule has 0 fully saturated rings. The van der Waals surface area contributed by atoms with Gasteiger partial charge in [0.25, 0.3) is 0 Å². The van der Waals surface area contributed by atoms with Gasteiger partial charge in [0.15, 0.2) is 11.6 Å². The number of ether oxygens (including phenoxy) is 2. The van der Waals surface area contributed by atoms with Gasteiger partial charge >= 0.3 is 0 Å². The second-order valence-corrected chi connectivity index (χ2v) is 9.57. The molecule has 1 aromatic heterocycles. The van der Waals surface area contributed by atoms with Crippen molar-refractivity contribution in [2.75, 3.05) is 6.61 Å². The molecular weight excluding hydrogens is 420 g/mol. The Morgan fingerprint density at radius 3 is 1.76 bits per heavy atom. The van der Waals surface area contributed by atoms with E-state index in [1.807, 2.05) is 24.3 Å². The van der Waals surface area contributed by atoms with Crippen LogP contribution in [-0.4, -0.2) is 22.7 Å². The summed E-state index contributed by atoms with van der Waals surface area (Å²) in [4.78, 5) is 8.98. The van der Waals surface area contributed by atoms with Gasteiger partial charge in [0.2, 0.25) is 0 Å². The molecule has 2 aromatic rings. The van der Waals surface area contributed by atoms with Gasteiger partial charge in [0, 0.05) is 5.56 Å². The van der Waals surface area contributed by atoms with Crippen molar-refractivity contribution in [2.45, 2.75) is 123 Å². The molecule has 0 saturated carbocycles. The molecule has 0 aliphatic carbocycles. The lowest BCUT2D eigenvalue weighted by molar-refractivity contribution is 0.206. The third-order valence-electron chi connectivity index (χ3n) is 6.31. The van der Waals surface area contributed by atoms with Gasteiger partial charge in [-0.2, -0.15) is 0 Å². The lowest BCUT2D eigenvalue weighted by Gasteiger charge is -2.15. The number of aromatic nitrogens is 2. The van der Waals surface area contributed by atoms with Crippen molar-refractivity contribution in [3.63, 3.8) is 0 Å². The van der Waals surface area contributed by atoms with Crippen LogP contribution in [0.15, 0.2) is 36.7 Å². The lowest BCUT2D eigenvalue weighted by Crippen LogP contribution is -2.11. The van der Waals surface area contributed by atoms with E-state index in [4.69, 9.17) is 9.47 Å². The van der Waals surface area contributed by atoms with Gasteiger partial charge in [-0.05, 0) is 50.5 Å². The zero-order valence-electron chi connectivity index (χ0n) is 22.1. The summed E-state index contributed by atoms with van der Waals surface area (Å²) in [5.41, 5.74) is 0.991. The van der Waals surface area contributed by atoms with Crippen LogP contribution in [0.25, 0.3) is 11.4 Å². The molecular formula is C30H48N2O2. The molecule has 0 spiro atoms. The van der Waals surface area contributed by atoms with E-state index >= 15 is 0 Å². The normalized spacial score (nSPS) is 12.0. The Morgan fingerprint density at radius 1 is 0.647 bits per heavy atom. The molecule has 1 aromatic carbocycles. The molecule has 0 bridgehead atoms. The van der Waals surface area contributed by atoms with E-state index in [1.165, 1.54) is 83.5 Å². The van der Waals surface area contributed by atoms with Crippen molar-refractivity contribution < 1.29 is 9.47 Å². The topological polar surface area (TPSA) is 44.2 Å². The Hall–Kier alpha value is -2.10. The minimum Gasteiger partial charge on any atom is -0.491 e. The number of rotatable bonds is 20. The molecule has 4 heteroatoms. The maximum atomic E-state index is 6.07. The Balaban J connectivity index is 1.62. The molecule has 4 nitrogen and oxygen atoms in total. The first-order valence-electron chi connectivity index (χ1n) is 13.9. The predicted molar refractivity (Wildman–Crippen MR) is 144 cm³/mol. The highest BCUT2D eigenvalue weighted by Crippen LogP contribution is 2.22. The molecule has 0 N–H and O–H groups in total. The van der Waals surface area contributed by atoms with E-state index in [0.717, 1.165) is 36.5 Å². The van der Waals surface area contributed by atoms with Crippen LogP contribution < -0.4 is 9.47 Å². The number of hydrogen-bond acceptors (Lipinski definition) is 4. The summed E-state index contributed by atoms with van der Waals surface area (Å²) in [5.74, 6) is 2.37. The first-order chi connectivity index (χ1) is 16.7. The molecule has 0 amide bonds. The molecule has 0 unspecified atom stereocenters. The van der Waals surface area contributed by atoms with Gasteiger partial charge < -0.3 is 9.47 Å². The van der Waals surface area contributed by atoms with Crippen molar-refractivity contribution in [3.05, 3.63) is 36.7 Å². The maximum absolute atomic E-state index is 6.07. The van der Waals surface area contributed by atoms with E-state index in [2.05, 4.69) is 30.7 Å². The molecule has 2 rings (SSSR count). The summed E-state index contributed by atoms with van der Waals surface area (Å²) in [6.07, 6.45) is 23.3. The third-order valence-corrected chi connectivity index (χ3v) is 6.31. The molecule has 34 heavy (non-hydrogen) atoms. The summed E-state index contributed by atoms with van der Waals surface area (Å²) >= 11 is 0. The predicted octanol–water partition coefficient (Wildman–Crippen LogP) is 9.18. The van der Waals surface area contributed by atoms with Crippen molar-refractivity contribution in [3.8, 4) is 22.9 Å². The monoisotopic (exact) mass is 468 g/mol. The molecule has 0 aliphatic rings. The van der Waals surface area contributed by atoms with Crippen LogP contribution in [0.5, 0.6) is 11.5 Å². The van der Waals surface area contributed by atoms with Crippen molar-refractivity contribution in [1.82, 2.24) is 9.97 Å². The summed E-state index contributed by atoms with van der Waals surface area (Å²) < 4.78 is 11.9.